The third-order valence-electron chi connectivity index (χ3n) is 3.48. The molecule has 0 spiro atoms. The van der Waals surface area contributed by atoms with Crippen LogP contribution in [-0.4, -0.2) is 47.7 Å². The zero-order valence-corrected chi connectivity index (χ0v) is 14.0. The van der Waals surface area contributed by atoms with E-state index < -0.39 is 5.60 Å². The minimum atomic E-state index is -0.477. The van der Waals surface area contributed by atoms with Crippen molar-refractivity contribution in [1.82, 2.24) is 9.80 Å². The van der Waals surface area contributed by atoms with Gasteiger partial charge in [-0.3, -0.25) is 0 Å². The molecule has 0 bridgehead atoms. The predicted molar refractivity (Wildman–Crippen MR) is 89.4 cm³/mol. The molecule has 23 heavy (non-hydrogen) atoms. The Morgan fingerprint density at radius 1 is 1.17 bits per heavy atom. The minimum Gasteiger partial charge on any atom is -0.444 e. The molecule has 5 heteroatoms. The van der Waals surface area contributed by atoms with Crippen LogP contribution in [0, 0.1) is 11.3 Å². The number of carbonyl (C=O) groups excluding carboxylic acids is 1. The Kier molecular flexibility index (Phi) is 5.28. The molecule has 5 nitrogen and oxygen atoms in total. The number of rotatable bonds is 2. The van der Waals surface area contributed by atoms with Gasteiger partial charge in [-0.15, -0.1) is 0 Å². The summed E-state index contributed by atoms with van der Waals surface area (Å²) in [4.78, 5) is 15.8. The molecule has 0 radical (unpaired) electrons. The van der Waals surface area contributed by atoms with Crippen molar-refractivity contribution in [2.75, 3.05) is 26.2 Å². The van der Waals surface area contributed by atoms with Crippen LogP contribution in [-0.2, 0) is 4.74 Å². The summed E-state index contributed by atoms with van der Waals surface area (Å²) in [6, 6.07) is 11.9. The molecule has 0 N–H and O–H groups in total. The Morgan fingerprint density at radius 2 is 1.78 bits per heavy atom. The van der Waals surface area contributed by atoms with E-state index in [1.807, 2.05) is 57.3 Å². The summed E-state index contributed by atoms with van der Waals surface area (Å²) in [5.41, 5.74) is 1.07. The summed E-state index contributed by atoms with van der Waals surface area (Å²) in [5, 5.41) is 9.35. The van der Waals surface area contributed by atoms with Gasteiger partial charge in [0.05, 0.1) is 5.57 Å². The van der Waals surface area contributed by atoms with Crippen molar-refractivity contribution in [2.45, 2.75) is 26.4 Å². The standard InChI is InChI=1S/C18H23N3O2/c1-18(2,3)23-17(22)21-11-9-20(10-12-21)14-16(13-19)15-7-5-4-6-8-15/h4-8,14H,9-12H2,1-3H3/b16-14+. The molecule has 1 fully saturated rings. The quantitative estimate of drug-likeness (QED) is 0.787. The second-order valence-electron chi connectivity index (χ2n) is 6.52. The minimum absolute atomic E-state index is 0.273. The van der Waals surface area contributed by atoms with Crippen LogP contribution >= 0.6 is 0 Å². The Hall–Kier alpha value is -2.48. The summed E-state index contributed by atoms with van der Waals surface area (Å²) in [5.74, 6) is 0. The fourth-order valence-corrected chi connectivity index (χ4v) is 2.33. The molecule has 0 aromatic heterocycles. The first kappa shape index (κ1) is 16.9. The van der Waals surface area contributed by atoms with Gasteiger partial charge in [0.2, 0.25) is 0 Å². The van der Waals surface area contributed by atoms with Crippen LogP contribution in [0.5, 0.6) is 0 Å². The van der Waals surface area contributed by atoms with Crippen LogP contribution in [0.25, 0.3) is 5.57 Å². The highest BCUT2D eigenvalue weighted by Crippen LogP contribution is 2.16. The highest BCUT2D eigenvalue weighted by Gasteiger charge is 2.25. The monoisotopic (exact) mass is 313 g/mol. The largest absolute Gasteiger partial charge is 0.444 e. The van der Waals surface area contributed by atoms with E-state index in [2.05, 4.69) is 11.0 Å². The predicted octanol–water partition coefficient (Wildman–Crippen LogP) is 3.10. The molecule has 0 unspecified atom stereocenters. The van der Waals surface area contributed by atoms with E-state index in [1.54, 1.807) is 4.90 Å². The fourth-order valence-electron chi connectivity index (χ4n) is 2.33. The molecule has 1 aliphatic heterocycles. The molecule has 1 amide bonds. The molecule has 0 aliphatic carbocycles. The third kappa shape index (κ3) is 5.03. The molecule has 1 saturated heterocycles. The molecule has 1 heterocycles. The van der Waals surface area contributed by atoms with Crippen molar-refractivity contribution in [1.29, 1.82) is 5.26 Å². The topological polar surface area (TPSA) is 56.6 Å². The Balaban J connectivity index is 1.95. The van der Waals surface area contributed by atoms with E-state index in [9.17, 15) is 10.1 Å². The maximum Gasteiger partial charge on any atom is 0.410 e. The summed E-state index contributed by atoms with van der Waals surface area (Å²) in [6.45, 7) is 8.17. The number of amides is 1. The molecule has 0 atom stereocenters. The number of nitrogens with zero attached hydrogens (tertiary/aromatic N) is 3. The number of ether oxygens (including phenoxy) is 1. The molecule has 1 aliphatic rings. The van der Waals surface area contributed by atoms with Gasteiger partial charge in [0.25, 0.3) is 0 Å². The van der Waals surface area contributed by atoms with Gasteiger partial charge in [-0.05, 0) is 26.3 Å². The second kappa shape index (κ2) is 7.19. The second-order valence-corrected chi connectivity index (χ2v) is 6.52. The van der Waals surface area contributed by atoms with Crippen molar-refractivity contribution >= 4 is 11.7 Å². The molecule has 1 aromatic rings. The normalized spacial score (nSPS) is 16.0. The zero-order chi connectivity index (χ0) is 16.9. The van der Waals surface area contributed by atoms with Crippen LogP contribution in [0.1, 0.15) is 26.3 Å². The van der Waals surface area contributed by atoms with Crippen molar-refractivity contribution in [3.05, 3.63) is 42.1 Å². The van der Waals surface area contributed by atoms with Gasteiger partial charge in [0.15, 0.2) is 0 Å². The highest BCUT2D eigenvalue weighted by molar-refractivity contribution is 5.76. The number of piperazine rings is 1. The summed E-state index contributed by atoms with van der Waals surface area (Å²) in [7, 11) is 0. The van der Waals surface area contributed by atoms with Crippen molar-refractivity contribution in [3.8, 4) is 6.07 Å². The Bertz CT molecular complexity index is 603. The highest BCUT2D eigenvalue weighted by atomic mass is 16.6. The van der Waals surface area contributed by atoms with Gasteiger partial charge >= 0.3 is 6.09 Å². The summed E-state index contributed by atoms with van der Waals surface area (Å²) >= 11 is 0. The van der Waals surface area contributed by atoms with E-state index in [-0.39, 0.29) is 6.09 Å². The molecular weight excluding hydrogens is 290 g/mol. The lowest BCUT2D eigenvalue weighted by molar-refractivity contribution is 0.0177. The number of hydrogen-bond acceptors (Lipinski definition) is 4. The molecule has 0 saturated carbocycles. The lowest BCUT2D eigenvalue weighted by Crippen LogP contribution is -2.48. The maximum atomic E-state index is 12.0. The van der Waals surface area contributed by atoms with Crippen molar-refractivity contribution in [3.63, 3.8) is 0 Å². The number of carbonyl (C=O) groups is 1. The zero-order valence-electron chi connectivity index (χ0n) is 14.0. The first-order chi connectivity index (χ1) is 10.9. The van der Waals surface area contributed by atoms with Gasteiger partial charge in [0.1, 0.15) is 11.7 Å². The van der Waals surface area contributed by atoms with Gasteiger partial charge in [-0.25, -0.2) is 4.79 Å². The van der Waals surface area contributed by atoms with Crippen LogP contribution in [0.2, 0.25) is 0 Å². The van der Waals surface area contributed by atoms with Crippen molar-refractivity contribution < 1.29 is 9.53 Å². The number of allylic oxidation sites excluding steroid dienone is 1. The summed E-state index contributed by atoms with van der Waals surface area (Å²) in [6.07, 6.45) is 1.60. The van der Waals surface area contributed by atoms with E-state index in [1.165, 1.54) is 0 Å². The van der Waals surface area contributed by atoms with Gasteiger partial charge in [-0.1, -0.05) is 30.3 Å². The molecule has 1 aromatic carbocycles. The fraction of sp³-hybridized carbons (Fsp3) is 0.444. The van der Waals surface area contributed by atoms with Crippen LogP contribution < -0.4 is 0 Å². The van der Waals surface area contributed by atoms with E-state index in [4.69, 9.17) is 4.74 Å². The third-order valence-corrected chi connectivity index (χ3v) is 3.48. The average Bonchev–Trinajstić information content (AvgIpc) is 2.52. The van der Waals surface area contributed by atoms with Crippen LogP contribution in [0.4, 0.5) is 4.79 Å². The van der Waals surface area contributed by atoms with Crippen molar-refractivity contribution in [2.24, 2.45) is 0 Å². The van der Waals surface area contributed by atoms with Gasteiger partial charge in [-0.2, -0.15) is 5.26 Å². The van der Waals surface area contributed by atoms with E-state index >= 15 is 0 Å². The lowest BCUT2D eigenvalue weighted by atomic mass is 10.1. The van der Waals surface area contributed by atoms with E-state index in [0.29, 0.717) is 31.8 Å². The van der Waals surface area contributed by atoms with Gasteiger partial charge < -0.3 is 14.5 Å². The Morgan fingerprint density at radius 3 is 2.30 bits per heavy atom. The number of nitriles is 1. The number of hydrogen-bond donors (Lipinski definition) is 0. The first-order valence-electron chi connectivity index (χ1n) is 7.78. The average molecular weight is 313 g/mol. The molecular formula is C18H23N3O2. The molecule has 122 valence electrons. The smallest absolute Gasteiger partial charge is 0.410 e. The van der Waals surface area contributed by atoms with Crippen LogP contribution in [0.15, 0.2) is 36.5 Å². The summed E-state index contributed by atoms with van der Waals surface area (Å²) < 4.78 is 5.38. The lowest BCUT2D eigenvalue weighted by Gasteiger charge is -2.35. The SMILES string of the molecule is CC(C)(C)OC(=O)N1CCN(/C=C(\C#N)c2ccccc2)CC1. The number of benzene rings is 1. The Labute approximate surface area is 137 Å². The van der Waals surface area contributed by atoms with Gasteiger partial charge in [0, 0.05) is 32.4 Å². The first-order valence-corrected chi connectivity index (χ1v) is 7.78. The van der Waals surface area contributed by atoms with Crippen LogP contribution in [0.3, 0.4) is 0 Å². The van der Waals surface area contributed by atoms with E-state index in [0.717, 1.165) is 5.56 Å². The molecule has 2 rings (SSSR count). The maximum absolute atomic E-state index is 12.0.